The Hall–Kier alpha value is -3.71. The number of ether oxygens (including phenoxy) is 1. The molecule has 0 spiro atoms. The lowest BCUT2D eigenvalue weighted by molar-refractivity contribution is 0.0950. The average Bonchev–Trinajstić information content (AvgIpc) is 2.82. The van der Waals surface area contributed by atoms with Gasteiger partial charge >= 0.3 is 0 Å². The van der Waals surface area contributed by atoms with E-state index in [9.17, 15) is 9.59 Å². The molecule has 160 valence electrons. The van der Waals surface area contributed by atoms with Gasteiger partial charge in [-0.3, -0.25) is 14.6 Å². The quantitative estimate of drug-likeness (QED) is 0.493. The molecule has 0 radical (unpaired) electrons. The van der Waals surface area contributed by atoms with Crippen LogP contribution in [0.1, 0.15) is 45.7 Å². The molecule has 3 rings (SSSR count). The van der Waals surface area contributed by atoms with Gasteiger partial charge in [0.25, 0.3) is 11.8 Å². The molecule has 1 heterocycles. The molecule has 0 aliphatic carbocycles. The third kappa shape index (κ3) is 6.38. The monoisotopic (exact) mass is 418 g/mol. The Kier molecular flexibility index (Phi) is 7.73. The van der Waals surface area contributed by atoms with Gasteiger partial charge in [-0.05, 0) is 60.5 Å². The minimum absolute atomic E-state index is 0.203. The predicted octanol–water partition coefficient (Wildman–Crippen LogP) is 3.55. The van der Waals surface area contributed by atoms with Crippen LogP contribution < -0.4 is 21.1 Å². The van der Waals surface area contributed by atoms with Crippen molar-refractivity contribution in [2.75, 3.05) is 18.5 Å². The van der Waals surface area contributed by atoms with Crippen LogP contribution >= 0.6 is 0 Å². The van der Waals surface area contributed by atoms with E-state index in [1.54, 1.807) is 73.1 Å². The van der Waals surface area contributed by atoms with Crippen LogP contribution in [0.4, 0.5) is 5.69 Å². The van der Waals surface area contributed by atoms with Gasteiger partial charge in [0.05, 0.1) is 6.61 Å². The number of nitrogens with two attached hydrogens (primary N) is 1. The maximum absolute atomic E-state index is 12.4. The second-order valence-electron chi connectivity index (χ2n) is 7.00. The number of rotatable bonds is 9. The smallest absolute Gasteiger partial charge is 0.255 e. The molecule has 0 saturated carbocycles. The zero-order valence-corrected chi connectivity index (χ0v) is 17.4. The number of pyridine rings is 1. The van der Waals surface area contributed by atoms with Gasteiger partial charge < -0.3 is 21.1 Å². The van der Waals surface area contributed by atoms with Crippen molar-refractivity contribution in [3.05, 3.63) is 89.7 Å². The number of hydrogen-bond acceptors (Lipinski definition) is 5. The normalized spacial score (nSPS) is 11.4. The van der Waals surface area contributed by atoms with Crippen molar-refractivity contribution < 1.29 is 14.3 Å². The van der Waals surface area contributed by atoms with E-state index in [1.807, 2.05) is 6.92 Å². The number of nitrogens with one attached hydrogen (secondary N) is 2. The SMILES string of the molecule is CCCOc1ccc(C(=O)NCC(N)c2ccc(C(=O)Nc3ccncc3)cc2)cc1. The number of carbonyl (C=O) groups excluding carboxylic acids is 2. The molecule has 1 atom stereocenters. The van der Waals surface area contributed by atoms with Crippen molar-refractivity contribution in [3.8, 4) is 5.75 Å². The van der Waals surface area contributed by atoms with Gasteiger partial charge in [-0.25, -0.2) is 0 Å². The lowest BCUT2D eigenvalue weighted by Gasteiger charge is -2.14. The van der Waals surface area contributed by atoms with Crippen molar-refractivity contribution in [1.29, 1.82) is 0 Å². The number of aromatic nitrogens is 1. The summed E-state index contributed by atoms with van der Waals surface area (Å²) in [5.41, 5.74) is 8.76. The molecule has 31 heavy (non-hydrogen) atoms. The summed E-state index contributed by atoms with van der Waals surface area (Å²) in [6.07, 6.45) is 4.15. The molecule has 1 aromatic heterocycles. The molecule has 7 heteroatoms. The summed E-state index contributed by atoms with van der Waals surface area (Å²) in [6.45, 7) is 2.95. The van der Waals surface area contributed by atoms with Gasteiger partial charge in [0, 0.05) is 41.8 Å². The second-order valence-corrected chi connectivity index (χ2v) is 7.00. The largest absolute Gasteiger partial charge is 0.494 e. The Morgan fingerprint density at radius 3 is 2.19 bits per heavy atom. The first-order chi connectivity index (χ1) is 15.1. The summed E-state index contributed by atoms with van der Waals surface area (Å²) in [5.74, 6) is 0.319. The third-order valence-electron chi connectivity index (χ3n) is 4.61. The predicted molar refractivity (Wildman–Crippen MR) is 120 cm³/mol. The molecule has 0 aliphatic rings. The summed E-state index contributed by atoms with van der Waals surface area (Å²) >= 11 is 0. The van der Waals surface area contributed by atoms with E-state index in [0.29, 0.717) is 23.4 Å². The Bertz CT molecular complexity index is 990. The lowest BCUT2D eigenvalue weighted by atomic mass is 10.0. The fourth-order valence-corrected chi connectivity index (χ4v) is 2.87. The topological polar surface area (TPSA) is 106 Å². The highest BCUT2D eigenvalue weighted by atomic mass is 16.5. The highest BCUT2D eigenvalue weighted by molar-refractivity contribution is 6.04. The van der Waals surface area contributed by atoms with Crippen molar-refractivity contribution in [2.45, 2.75) is 19.4 Å². The Balaban J connectivity index is 1.51. The molecular formula is C24H26N4O3. The zero-order chi connectivity index (χ0) is 22.1. The van der Waals surface area contributed by atoms with Crippen LogP contribution in [0.2, 0.25) is 0 Å². The van der Waals surface area contributed by atoms with E-state index >= 15 is 0 Å². The number of benzene rings is 2. The van der Waals surface area contributed by atoms with Crippen LogP contribution in [-0.2, 0) is 0 Å². The van der Waals surface area contributed by atoms with Crippen LogP contribution in [0.3, 0.4) is 0 Å². The molecule has 0 fully saturated rings. The number of nitrogens with zero attached hydrogens (tertiary/aromatic N) is 1. The van der Waals surface area contributed by atoms with Crippen LogP contribution in [0, 0.1) is 0 Å². The van der Waals surface area contributed by atoms with E-state index in [1.165, 1.54) is 0 Å². The standard InChI is InChI=1S/C24H26N4O3/c1-2-15-31-21-9-7-18(8-10-21)23(29)27-16-22(25)17-3-5-19(6-4-17)24(30)28-20-11-13-26-14-12-20/h3-14,22H,2,15-16,25H2,1H3,(H,27,29)(H,26,28,30). The summed E-state index contributed by atoms with van der Waals surface area (Å²) in [4.78, 5) is 28.6. The highest BCUT2D eigenvalue weighted by Gasteiger charge is 2.12. The van der Waals surface area contributed by atoms with Gasteiger partial charge in [-0.1, -0.05) is 19.1 Å². The van der Waals surface area contributed by atoms with Gasteiger partial charge in [0.15, 0.2) is 0 Å². The maximum atomic E-state index is 12.4. The van der Waals surface area contributed by atoms with E-state index in [-0.39, 0.29) is 18.4 Å². The second kappa shape index (κ2) is 10.9. The number of hydrogen-bond donors (Lipinski definition) is 3. The van der Waals surface area contributed by atoms with Crippen molar-refractivity contribution in [1.82, 2.24) is 10.3 Å². The summed E-state index contributed by atoms with van der Waals surface area (Å²) in [6, 6.07) is 17.0. The number of amides is 2. The van der Waals surface area contributed by atoms with Crippen LogP contribution in [-0.4, -0.2) is 29.9 Å². The first kappa shape index (κ1) is 22.0. The minimum atomic E-state index is -0.395. The van der Waals surface area contributed by atoms with Crippen molar-refractivity contribution in [2.24, 2.45) is 5.73 Å². The lowest BCUT2D eigenvalue weighted by Crippen LogP contribution is -2.31. The zero-order valence-electron chi connectivity index (χ0n) is 17.4. The van der Waals surface area contributed by atoms with Crippen LogP contribution in [0.5, 0.6) is 5.75 Å². The molecule has 0 aliphatic heterocycles. The molecule has 4 N–H and O–H groups in total. The van der Waals surface area contributed by atoms with E-state index in [0.717, 1.165) is 17.7 Å². The van der Waals surface area contributed by atoms with Crippen molar-refractivity contribution >= 4 is 17.5 Å². The number of anilines is 1. The average molecular weight is 418 g/mol. The molecular weight excluding hydrogens is 392 g/mol. The van der Waals surface area contributed by atoms with E-state index in [2.05, 4.69) is 15.6 Å². The first-order valence-electron chi connectivity index (χ1n) is 10.1. The first-order valence-corrected chi connectivity index (χ1v) is 10.1. The molecule has 2 aromatic carbocycles. The summed E-state index contributed by atoms with van der Waals surface area (Å²) < 4.78 is 5.52. The van der Waals surface area contributed by atoms with E-state index in [4.69, 9.17) is 10.5 Å². The summed E-state index contributed by atoms with van der Waals surface area (Å²) in [7, 11) is 0. The van der Waals surface area contributed by atoms with Gasteiger partial charge in [0.2, 0.25) is 0 Å². The van der Waals surface area contributed by atoms with E-state index < -0.39 is 6.04 Å². The fraction of sp³-hybridized carbons (Fsp3) is 0.208. The van der Waals surface area contributed by atoms with Gasteiger partial charge in [-0.15, -0.1) is 0 Å². The fourth-order valence-electron chi connectivity index (χ4n) is 2.87. The molecule has 2 amide bonds. The van der Waals surface area contributed by atoms with Gasteiger partial charge in [0.1, 0.15) is 5.75 Å². The summed E-state index contributed by atoms with van der Waals surface area (Å²) in [5, 5.41) is 5.64. The molecule has 3 aromatic rings. The number of carbonyl (C=O) groups is 2. The minimum Gasteiger partial charge on any atom is -0.494 e. The Labute approximate surface area is 181 Å². The van der Waals surface area contributed by atoms with Crippen LogP contribution in [0.15, 0.2) is 73.1 Å². The highest BCUT2D eigenvalue weighted by Crippen LogP contribution is 2.15. The Morgan fingerprint density at radius 2 is 1.55 bits per heavy atom. The third-order valence-corrected chi connectivity index (χ3v) is 4.61. The molecule has 0 bridgehead atoms. The molecule has 7 nitrogen and oxygen atoms in total. The van der Waals surface area contributed by atoms with Crippen molar-refractivity contribution in [3.63, 3.8) is 0 Å². The molecule has 1 unspecified atom stereocenters. The van der Waals surface area contributed by atoms with Crippen LogP contribution in [0.25, 0.3) is 0 Å². The van der Waals surface area contributed by atoms with Gasteiger partial charge in [-0.2, -0.15) is 0 Å². The maximum Gasteiger partial charge on any atom is 0.255 e. The Morgan fingerprint density at radius 1 is 0.935 bits per heavy atom. The molecule has 0 saturated heterocycles.